The van der Waals surface area contributed by atoms with E-state index in [4.69, 9.17) is 0 Å². The SMILES string of the molecule is O[C@@H]1C[C@@H]2CC[C@H]1N(Cc1ccccc1)C2. The number of hydrogen-bond donors (Lipinski definition) is 1. The molecule has 3 atom stereocenters. The van der Waals surface area contributed by atoms with E-state index in [1.807, 2.05) is 0 Å². The highest BCUT2D eigenvalue weighted by Crippen LogP contribution is 2.35. The molecule has 3 aliphatic rings. The van der Waals surface area contributed by atoms with Gasteiger partial charge in [0.1, 0.15) is 0 Å². The number of aliphatic hydroxyl groups is 1. The summed E-state index contributed by atoms with van der Waals surface area (Å²) in [6.45, 7) is 2.18. The molecule has 4 rings (SSSR count). The van der Waals surface area contributed by atoms with Gasteiger partial charge in [-0.05, 0) is 30.7 Å². The maximum Gasteiger partial charge on any atom is 0.0698 e. The Morgan fingerprint density at radius 2 is 2.00 bits per heavy atom. The van der Waals surface area contributed by atoms with E-state index in [0.29, 0.717) is 6.04 Å². The van der Waals surface area contributed by atoms with E-state index < -0.39 is 0 Å². The summed E-state index contributed by atoms with van der Waals surface area (Å²) < 4.78 is 0. The largest absolute Gasteiger partial charge is 0.391 e. The summed E-state index contributed by atoms with van der Waals surface area (Å²) in [5.74, 6) is 0.726. The van der Waals surface area contributed by atoms with Crippen LogP contribution in [-0.2, 0) is 6.54 Å². The number of hydrogen-bond acceptors (Lipinski definition) is 2. The minimum atomic E-state index is -0.0868. The second-order valence-electron chi connectivity index (χ2n) is 5.23. The molecule has 1 saturated carbocycles. The molecule has 0 unspecified atom stereocenters. The smallest absolute Gasteiger partial charge is 0.0698 e. The Bertz CT molecular complexity index is 351. The zero-order valence-electron chi connectivity index (χ0n) is 9.55. The van der Waals surface area contributed by atoms with Crippen molar-refractivity contribution >= 4 is 0 Å². The Kier molecular flexibility index (Phi) is 2.70. The first kappa shape index (κ1) is 10.3. The predicted molar refractivity (Wildman–Crippen MR) is 64.0 cm³/mol. The second-order valence-corrected chi connectivity index (χ2v) is 5.23. The van der Waals surface area contributed by atoms with Gasteiger partial charge < -0.3 is 5.11 Å². The normalized spacial score (nSPS) is 34.2. The zero-order chi connectivity index (χ0) is 11.0. The van der Waals surface area contributed by atoms with Crippen molar-refractivity contribution in [1.29, 1.82) is 0 Å². The van der Waals surface area contributed by atoms with E-state index in [0.717, 1.165) is 18.9 Å². The zero-order valence-corrected chi connectivity index (χ0v) is 9.55. The van der Waals surface area contributed by atoms with Crippen LogP contribution in [0.4, 0.5) is 0 Å². The van der Waals surface area contributed by atoms with Crippen LogP contribution in [0.25, 0.3) is 0 Å². The Morgan fingerprint density at radius 3 is 2.69 bits per heavy atom. The average Bonchev–Trinajstić information content (AvgIpc) is 2.30. The van der Waals surface area contributed by atoms with Crippen molar-refractivity contribution in [2.75, 3.05) is 6.54 Å². The van der Waals surface area contributed by atoms with Crippen LogP contribution < -0.4 is 0 Å². The molecule has 2 saturated heterocycles. The van der Waals surface area contributed by atoms with Gasteiger partial charge in [0.2, 0.25) is 0 Å². The fraction of sp³-hybridized carbons (Fsp3) is 0.571. The highest BCUT2D eigenvalue weighted by molar-refractivity contribution is 5.15. The lowest BCUT2D eigenvalue weighted by molar-refractivity contribution is -0.0582. The third kappa shape index (κ3) is 1.87. The summed E-state index contributed by atoms with van der Waals surface area (Å²) in [5, 5.41) is 10.0. The third-order valence-corrected chi connectivity index (χ3v) is 4.08. The van der Waals surface area contributed by atoms with Gasteiger partial charge in [0.15, 0.2) is 0 Å². The Labute approximate surface area is 96.9 Å². The maximum absolute atomic E-state index is 10.0. The van der Waals surface area contributed by atoms with Crippen LogP contribution in [-0.4, -0.2) is 28.7 Å². The Morgan fingerprint density at radius 1 is 1.19 bits per heavy atom. The van der Waals surface area contributed by atoms with Crippen LogP contribution in [0.2, 0.25) is 0 Å². The first-order valence-corrected chi connectivity index (χ1v) is 6.29. The van der Waals surface area contributed by atoms with Gasteiger partial charge >= 0.3 is 0 Å². The van der Waals surface area contributed by atoms with Gasteiger partial charge in [-0.25, -0.2) is 0 Å². The summed E-state index contributed by atoms with van der Waals surface area (Å²) in [5.41, 5.74) is 1.36. The van der Waals surface area contributed by atoms with Gasteiger partial charge in [0.25, 0.3) is 0 Å². The van der Waals surface area contributed by atoms with Crippen molar-refractivity contribution in [1.82, 2.24) is 4.90 Å². The quantitative estimate of drug-likeness (QED) is 0.819. The molecule has 2 heteroatoms. The number of nitrogens with zero attached hydrogens (tertiary/aromatic N) is 1. The van der Waals surface area contributed by atoms with Crippen molar-refractivity contribution in [2.45, 2.75) is 38.0 Å². The molecule has 1 N–H and O–H groups in total. The molecular formula is C14H19NO. The molecule has 1 aromatic carbocycles. The van der Waals surface area contributed by atoms with Crippen LogP contribution in [0.5, 0.6) is 0 Å². The van der Waals surface area contributed by atoms with Gasteiger partial charge in [0.05, 0.1) is 6.10 Å². The number of aliphatic hydroxyl groups excluding tert-OH is 1. The highest BCUT2D eigenvalue weighted by Gasteiger charge is 2.39. The minimum absolute atomic E-state index is 0.0868. The predicted octanol–water partition coefficient (Wildman–Crippen LogP) is 2.03. The number of fused-ring (bicyclic) bond motifs is 3. The number of piperidine rings is 2. The van der Waals surface area contributed by atoms with Gasteiger partial charge in [-0.1, -0.05) is 30.3 Å². The van der Waals surface area contributed by atoms with Gasteiger partial charge in [-0.3, -0.25) is 4.90 Å². The first-order chi connectivity index (χ1) is 7.83. The molecule has 2 aliphatic heterocycles. The van der Waals surface area contributed by atoms with Crippen LogP contribution in [0.1, 0.15) is 24.8 Å². The molecule has 2 heterocycles. The van der Waals surface area contributed by atoms with Gasteiger partial charge in [-0.15, -0.1) is 0 Å². The van der Waals surface area contributed by atoms with E-state index in [1.54, 1.807) is 0 Å². The third-order valence-electron chi connectivity index (χ3n) is 4.08. The molecule has 2 nitrogen and oxygen atoms in total. The molecule has 0 amide bonds. The fourth-order valence-corrected chi connectivity index (χ4v) is 3.27. The van der Waals surface area contributed by atoms with Crippen LogP contribution >= 0.6 is 0 Å². The molecule has 0 aromatic heterocycles. The monoisotopic (exact) mass is 217 g/mol. The van der Waals surface area contributed by atoms with Gasteiger partial charge in [0, 0.05) is 19.1 Å². The summed E-state index contributed by atoms with van der Waals surface area (Å²) in [4.78, 5) is 2.47. The van der Waals surface area contributed by atoms with Crippen molar-refractivity contribution in [3.05, 3.63) is 35.9 Å². The average molecular weight is 217 g/mol. The first-order valence-electron chi connectivity index (χ1n) is 6.29. The molecule has 0 radical (unpaired) electrons. The summed E-state index contributed by atoms with van der Waals surface area (Å²) in [6, 6.07) is 11.0. The van der Waals surface area contributed by atoms with E-state index in [-0.39, 0.29) is 6.10 Å². The maximum atomic E-state index is 10.0. The Hall–Kier alpha value is -0.860. The summed E-state index contributed by atoms with van der Waals surface area (Å²) in [6.07, 6.45) is 3.43. The number of rotatable bonds is 2. The summed E-state index contributed by atoms with van der Waals surface area (Å²) in [7, 11) is 0. The van der Waals surface area contributed by atoms with E-state index >= 15 is 0 Å². The minimum Gasteiger partial charge on any atom is -0.391 e. The standard InChI is InChI=1S/C14H19NO/c16-14-8-12-6-7-13(14)15(10-12)9-11-4-2-1-3-5-11/h1-5,12-14,16H,6-10H2/t12-,13+,14+/m0/s1. The van der Waals surface area contributed by atoms with Crippen molar-refractivity contribution < 1.29 is 5.11 Å². The van der Waals surface area contributed by atoms with Crippen LogP contribution in [0.3, 0.4) is 0 Å². The molecule has 16 heavy (non-hydrogen) atoms. The molecule has 1 aromatic rings. The number of benzene rings is 1. The van der Waals surface area contributed by atoms with Crippen molar-refractivity contribution in [3.8, 4) is 0 Å². The lowest BCUT2D eigenvalue weighted by Gasteiger charge is -2.48. The Balaban J connectivity index is 1.72. The second kappa shape index (κ2) is 4.19. The topological polar surface area (TPSA) is 23.5 Å². The molecule has 0 spiro atoms. The molecular weight excluding hydrogens is 198 g/mol. The molecule has 86 valence electrons. The van der Waals surface area contributed by atoms with Crippen LogP contribution in [0.15, 0.2) is 30.3 Å². The van der Waals surface area contributed by atoms with Crippen LogP contribution in [0, 0.1) is 5.92 Å². The van der Waals surface area contributed by atoms with Crippen molar-refractivity contribution in [2.24, 2.45) is 5.92 Å². The van der Waals surface area contributed by atoms with E-state index in [9.17, 15) is 5.11 Å². The van der Waals surface area contributed by atoms with E-state index in [2.05, 4.69) is 35.2 Å². The fourth-order valence-electron chi connectivity index (χ4n) is 3.27. The lowest BCUT2D eigenvalue weighted by Crippen LogP contribution is -2.55. The molecule has 1 aliphatic carbocycles. The highest BCUT2D eigenvalue weighted by atomic mass is 16.3. The molecule has 2 bridgehead atoms. The van der Waals surface area contributed by atoms with Crippen molar-refractivity contribution in [3.63, 3.8) is 0 Å². The lowest BCUT2D eigenvalue weighted by atomic mass is 9.78. The molecule has 3 fully saturated rings. The summed E-state index contributed by atoms with van der Waals surface area (Å²) >= 11 is 0. The van der Waals surface area contributed by atoms with E-state index in [1.165, 1.54) is 24.9 Å². The van der Waals surface area contributed by atoms with Gasteiger partial charge in [-0.2, -0.15) is 0 Å².